The van der Waals surface area contributed by atoms with Crippen molar-refractivity contribution in [2.24, 2.45) is 0 Å². The molecule has 17 heavy (non-hydrogen) atoms. The van der Waals surface area contributed by atoms with Crippen molar-refractivity contribution >= 4 is 11.9 Å². The zero-order chi connectivity index (χ0) is 12.3. The first-order valence-corrected chi connectivity index (χ1v) is 5.60. The highest BCUT2D eigenvalue weighted by Crippen LogP contribution is 2.09. The number of carbonyl (C=O) groups excluding carboxylic acids is 1. The first-order valence-electron chi connectivity index (χ1n) is 5.60. The van der Waals surface area contributed by atoms with Gasteiger partial charge in [0.15, 0.2) is 0 Å². The molecule has 0 saturated heterocycles. The standard InChI is InChI=1S/C13H15N3O/c1-3-16-9-11(10(2)15-16)6-7-13(17)12-5-4-8-14-12/h4-9,14H,3H2,1-2H3/b7-6+. The van der Waals surface area contributed by atoms with Gasteiger partial charge in [-0.25, -0.2) is 0 Å². The van der Waals surface area contributed by atoms with Crippen LogP contribution in [0.4, 0.5) is 0 Å². The van der Waals surface area contributed by atoms with E-state index in [1.807, 2.05) is 24.7 Å². The van der Waals surface area contributed by atoms with Gasteiger partial charge in [-0.05, 0) is 38.1 Å². The number of aromatic nitrogens is 3. The number of carbonyl (C=O) groups is 1. The number of aryl methyl sites for hydroxylation is 2. The van der Waals surface area contributed by atoms with Gasteiger partial charge >= 0.3 is 0 Å². The maximum absolute atomic E-state index is 11.7. The lowest BCUT2D eigenvalue weighted by molar-refractivity contribution is 0.104. The van der Waals surface area contributed by atoms with Crippen LogP contribution in [0.15, 0.2) is 30.6 Å². The van der Waals surface area contributed by atoms with Crippen molar-refractivity contribution in [1.29, 1.82) is 0 Å². The molecule has 0 spiro atoms. The molecule has 2 aromatic rings. The Morgan fingerprint density at radius 3 is 3.00 bits per heavy atom. The summed E-state index contributed by atoms with van der Waals surface area (Å²) < 4.78 is 1.86. The number of hydrogen-bond acceptors (Lipinski definition) is 2. The van der Waals surface area contributed by atoms with Crippen molar-refractivity contribution in [3.8, 4) is 0 Å². The highest BCUT2D eigenvalue weighted by molar-refractivity contribution is 6.05. The number of H-pyrrole nitrogens is 1. The molecule has 0 unspecified atom stereocenters. The van der Waals surface area contributed by atoms with Crippen molar-refractivity contribution in [3.63, 3.8) is 0 Å². The lowest BCUT2D eigenvalue weighted by Crippen LogP contribution is -1.93. The lowest BCUT2D eigenvalue weighted by Gasteiger charge is -1.90. The zero-order valence-corrected chi connectivity index (χ0v) is 9.97. The first-order chi connectivity index (χ1) is 8.20. The molecule has 0 fully saturated rings. The molecule has 0 saturated carbocycles. The number of allylic oxidation sites excluding steroid dienone is 1. The van der Waals surface area contributed by atoms with Crippen LogP contribution in [0.5, 0.6) is 0 Å². The van der Waals surface area contributed by atoms with Gasteiger partial charge in [0, 0.05) is 24.5 Å². The van der Waals surface area contributed by atoms with Gasteiger partial charge in [0.05, 0.1) is 11.4 Å². The van der Waals surface area contributed by atoms with E-state index in [-0.39, 0.29) is 5.78 Å². The van der Waals surface area contributed by atoms with E-state index in [1.54, 1.807) is 30.5 Å². The van der Waals surface area contributed by atoms with Gasteiger partial charge in [0.2, 0.25) is 5.78 Å². The van der Waals surface area contributed by atoms with Crippen LogP contribution >= 0.6 is 0 Å². The van der Waals surface area contributed by atoms with Gasteiger partial charge in [-0.2, -0.15) is 5.10 Å². The van der Waals surface area contributed by atoms with Crippen molar-refractivity contribution in [1.82, 2.24) is 14.8 Å². The average Bonchev–Trinajstić information content (AvgIpc) is 2.95. The van der Waals surface area contributed by atoms with Crippen LogP contribution in [-0.4, -0.2) is 20.5 Å². The van der Waals surface area contributed by atoms with E-state index in [0.29, 0.717) is 5.69 Å². The van der Waals surface area contributed by atoms with Crippen LogP contribution in [0.25, 0.3) is 6.08 Å². The van der Waals surface area contributed by atoms with E-state index < -0.39 is 0 Å². The number of nitrogens with zero attached hydrogens (tertiary/aromatic N) is 2. The Morgan fingerprint density at radius 1 is 1.59 bits per heavy atom. The minimum Gasteiger partial charge on any atom is -0.359 e. The average molecular weight is 229 g/mol. The minimum atomic E-state index is -0.0290. The van der Waals surface area contributed by atoms with Gasteiger partial charge < -0.3 is 4.98 Å². The van der Waals surface area contributed by atoms with E-state index in [0.717, 1.165) is 17.8 Å². The van der Waals surface area contributed by atoms with Gasteiger partial charge in [-0.15, -0.1) is 0 Å². The molecule has 2 heterocycles. The monoisotopic (exact) mass is 229 g/mol. The third kappa shape index (κ3) is 2.53. The van der Waals surface area contributed by atoms with E-state index >= 15 is 0 Å². The molecule has 88 valence electrons. The second-order valence-electron chi connectivity index (χ2n) is 3.81. The molecular weight excluding hydrogens is 214 g/mol. The minimum absolute atomic E-state index is 0.0290. The SMILES string of the molecule is CCn1cc(/C=C/C(=O)c2ccc[nH]2)c(C)n1. The second kappa shape index (κ2) is 4.82. The molecule has 0 aromatic carbocycles. The normalized spacial score (nSPS) is 11.2. The molecule has 2 aromatic heterocycles. The number of hydrogen-bond donors (Lipinski definition) is 1. The summed E-state index contributed by atoms with van der Waals surface area (Å²) in [4.78, 5) is 14.6. The fourth-order valence-electron chi connectivity index (χ4n) is 1.60. The van der Waals surface area contributed by atoms with Gasteiger partial charge in [-0.1, -0.05) is 0 Å². The van der Waals surface area contributed by atoms with Crippen LogP contribution in [-0.2, 0) is 6.54 Å². The molecule has 0 aliphatic rings. The van der Waals surface area contributed by atoms with Gasteiger partial charge in [0.25, 0.3) is 0 Å². The van der Waals surface area contributed by atoms with E-state index in [9.17, 15) is 4.79 Å². The molecule has 2 rings (SSSR count). The predicted molar refractivity (Wildman–Crippen MR) is 66.8 cm³/mol. The van der Waals surface area contributed by atoms with E-state index in [1.165, 1.54) is 0 Å². The Morgan fingerprint density at radius 2 is 2.41 bits per heavy atom. The Kier molecular flexibility index (Phi) is 3.23. The van der Waals surface area contributed by atoms with Gasteiger partial charge in [-0.3, -0.25) is 9.48 Å². The van der Waals surface area contributed by atoms with E-state index in [4.69, 9.17) is 0 Å². The summed E-state index contributed by atoms with van der Waals surface area (Å²) in [6.07, 6.45) is 7.04. The summed E-state index contributed by atoms with van der Waals surface area (Å²) in [6.45, 7) is 4.80. The maximum atomic E-state index is 11.7. The summed E-state index contributed by atoms with van der Waals surface area (Å²) in [7, 11) is 0. The van der Waals surface area contributed by atoms with Crippen LogP contribution < -0.4 is 0 Å². The Hall–Kier alpha value is -2.10. The largest absolute Gasteiger partial charge is 0.359 e. The molecule has 0 amide bonds. The first kappa shape index (κ1) is 11.4. The van der Waals surface area contributed by atoms with Crippen LogP contribution in [0.2, 0.25) is 0 Å². The molecule has 4 heteroatoms. The topological polar surface area (TPSA) is 50.7 Å². The lowest BCUT2D eigenvalue weighted by atomic mass is 10.2. The molecule has 0 atom stereocenters. The van der Waals surface area contributed by atoms with Crippen LogP contribution in [0.3, 0.4) is 0 Å². The summed E-state index contributed by atoms with van der Waals surface area (Å²) in [5.41, 5.74) is 2.51. The molecule has 4 nitrogen and oxygen atoms in total. The summed E-state index contributed by atoms with van der Waals surface area (Å²) >= 11 is 0. The third-order valence-corrected chi connectivity index (χ3v) is 2.59. The smallest absolute Gasteiger partial charge is 0.201 e. The molecule has 0 aliphatic heterocycles. The Bertz CT molecular complexity index is 535. The second-order valence-corrected chi connectivity index (χ2v) is 3.81. The molecule has 0 radical (unpaired) electrons. The summed E-state index contributed by atoms with van der Waals surface area (Å²) in [5, 5.41) is 4.32. The third-order valence-electron chi connectivity index (χ3n) is 2.59. The molecule has 0 aliphatic carbocycles. The van der Waals surface area contributed by atoms with Gasteiger partial charge in [0.1, 0.15) is 0 Å². The number of ketones is 1. The Balaban J connectivity index is 2.15. The fourth-order valence-corrected chi connectivity index (χ4v) is 1.60. The fraction of sp³-hybridized carbons (Fsp3) is 0.231. The van der Waals surface area contributed by atoms with Crippen molar-refractivity contribution in [2.45, 2.75) is 20.4 Å². The van der Waals surface area contributed by atoms with Crippen molar-refractivity contribution in [2.75, 3.05) is 0 Å². The quantitative estimate of drug-likeness (QED) is 0.646. The maximum Gasteiger partial charge on any atom is 0.201 e. The Labute approximate surface area is 100.0 Å². The number of rotatable bonds is 4. The highest BCUT2D eigenvalue weighted by atomic mass is 16.1. The summed E-state index contributed by atoms with van der Waals surface area (Å²) in [6, 6.07) is 3.57. The van der Waals surface area contributed by atoms with Crippen LogP contribution in [0.1, 0.15) is 28.7 Å². The summed E-state index contributed by atoms with van der Waals surface area (Å²) in [5.74, 6) is -0.0290. The predicted octanol–water partition coefficient (Wildman–Crippen LogP) is 2.44. The zero-order valence-electron chi connectivity index (χ0n) is 9.97. The molecule has 1 N–H and O–H groups in total. The number of aromatic amines is 1. The van der Waals surface area contributed by atoms with E-state index in [2.05, 4.69) is 10.1 Å². The highest BCUT2D eigenvalue weighted by Gasteiger charge is 2.03. The van der Waals surface area contributed by atoms with Crippen molar-refractivity contribution < 1.29 is 4.79 Å². The number of nitrogens with one attached hydrogen (secondary N) is 1. The molecular formula is C13H15N3O. The molecule has 0 bridgehead atoms. The van der Waals surface area contributed by atoms with Crippen molar-refractivity contribution in [3.05, 3.63) is 47.6 Å². The van der Waals surface area contributed by atoms with Crippen LogP contribution in [0, 0.1) is 6.92 Å².